The number of halogens is 1. The van der Waals surface area contributed by atoms with Crippen LogP contribution in [-0.4, -0.2) is 9.78 Å². The number of anilines is 1. The van der Waals surface area contributed by atoms with Crippen LogP contribution in [0.4, 0.5) is 5.69 Å². The van der Waals surface area contributed by atoms with E-state index in [-0.39, 0.29) is 0 Å². The van der Waals surface area contributed by atoms with Gasteiger partial charge < -0.3 is 5.32 Å². The lowest BCUT2D eigenvalue weighted by molar-refractivity contribution is 0.532. The highest BCUT2D eigenvalue weighted by molar-refractivity contribution is 9.10. The number of hydrogen-bond acceptors (Lipinski definition) is 2. The zero-order valence-corrected chi connectivity index (χ0v) is 12.5. The summed E-state index contributed by atoms with van der Waals surface area (Å²) < 4.78 is 3.08. The molecule has 1 N–H and O–H groups in total. The van der Waals surface area contributed by atoms with Gasteiger partial charge >= 0.3 is 0 Å². The molecule has 0 saturated heterocycles. The van der Waals surface area contributed by atoms with E-state index in [1.165, 1.54) is 11.1 Å². The van der Waals surface area contributed by atoms with Gasteiger partial charge in [-0.05, 0) is 44.5 Å². The van der Waals surface area contributed by atoms with E-state index in [9.17, 15) is 0 Å². The van der Waals surface area contributed by atoms with Crippen molar-refractivity contribution >= 4 is 21.6 Å². The standard InChI is InChI=1S/C14H18BrN3/c1-10(2)18-9-12(8-17-18)7-16-14-5-11(3)4-13(15)6-14/h4-6,8-10,16H,7H2,1-3H3. The van der Waals surface area contributed by atoms with Crippen LogP contribution >= 0.6 is 15.9 Å². The topological polar surface area (TPSA) is 29.9 Å². The Bertz CT molecular complexity index is 511. The first kappa shape index (κ1) is 13.1. The lowest BCUT2D eigenvalue weighted by Crippen LogP contribution is -2.01. The molecule has 0 spiro atoms. The molecule has 0 aliphatic heterocycles. The van der Waals surface area contributed by atoms with E-state index < -0.39 is 0 Å². The summed E-state index contributed by atoms with van der Waals surface area (Å²) >= 11 is 3.51. The Balaban J connectivity index is 2.02. The van der Waals surface area contributed by atoms with Crippen molar-refractivity contribution < 1.29 is 0 Å². The highest BCUT2D eigenvalue weighted by atomic mass is 79.9. The van der Waals surface area contributed by atoms with Gasteiger partial charge in [-0.2, -0.15) is 5.10 Å². The summed E-state index contributed by atoms with van der Waals surface area (Å²) in [5.41, 5.74) is 3.56. The van der Waals surface area contributed by atoms with E-state index in [1.54, 1.807) is 0 Å². The molecule has 3 nitrogen and oxygen atoms in total. The predicted molar refractivity (Wildman–Crippen MR) is 78.8 cm³/mol. The summed E-state index contributed by atoms with van der Waals surface area (Å²) in [4.78, 5) is 0. The molecule has 0 bridgehead atoms. The van der Waals surface area contributed by atoms with Crippen molar-refractivity contribution in [3.63, 3.8) is 0 Å². The molecule has 1 heterocycles. The number of nitrogens with zero attached hydrogens (tertiary/aromatic N) is 2. The number of rotatable bonds is 4. The van der Waals surface area contributed by atoms with Crippen molar-refractivity contribution in [1.82, 2.24) is 9.78 Å². The molecule has 2 aromatic rings. The second kappa shape index (κ2) is 5.57. The van der Waals surface area contributed by atoms with Crippen LogP contribution in [0.5, 0.6) is 0 Å². The SMILES string of the molecule is Cc1cc(Br)cc(NCc2cnn(C(C)C)c2)c1. The lowest BCUT2D eigenvalue weighted by atomic mass is 10.2. The Kier molecular flexibility index (Phi) is 4.07. The van der Waals surface area contributed by atoms with Crippen LogP contribution in [0.3, 0.4) is 0 Å². The zero-order chi connectivity index (χ0) is 13.1. The monoisotopic (exact) mass is 307 g/mol. The molecule has 1 aromatic carbocycles. The third kappa shape index (κ3) is 3.35. The summed E-state index contributed by atoms with van der Waals surface area (Å²) in [5, 5.41) is 7.74. The third-order valence-corrected chi connectivity index (χ3v) is 3.18. The molecule has 0 amide bonds. The molecule has 4 heteroatoms. The Morgan fingerprint density at radius 2 is 2.11 bits per heavy atom. The van der Waals surface area contributed by atoms with Crippen LogP contribution in [-0.2, 0) is 6.54 Å². The van der Waals surface area contributed by atoms with Gasteiger partial charge in [0.25, 0.3) is 0 Å². The zero-order valence-electron chi connectivity index (χ0n) is 10.9. The van der Waals surface area contributed by atoms with Crippen LogP contribution in [0.25, 0.3) is 0 Å². The van der Waals surface area contributed by atoms with Crippen molar-refractivity contribution in [1.29, 1.82) is 0 Å². The molecular weight excluding hydrogens is 290 g/mol. The molecule has 0 fully saturated rings. The molecule has 1 aromatic heterocycles. The van der Waals surface area contributed by atoms with Gasteiger partial charge in [0, 0.05) is 34.5 Å². The summed E-state index contributed by atoms with van der Waals surface area (Å²) in [6, 6.07) is 6.73. The van der Waals surface area contributed by atoms with Gasteiger partial charge in [-0.1, -0.05) is 15.9 Å². The maximum Gasteiger partial charge on any atom is 0.0539 e. The fraction of sp³-hybridized carbons (Fsp3) is 0.357. The Labute approximate surface area is 116 Å². The molecule has 0 atom stereocenters. The molecule has 0 aliphatic rings. The number of aromatic nitrogens is 2. The smallest absolute Gasteiger partial charge is 0.0539 e. The minimum absolute atomic E-state index is 0.409. The summed E-state index contributed by atoms with van der Waals surface area (Å²) in [6.07, 6.45) is 4.00. The molecule has 0 radical (unpaired) electrons. The van der Waals surface area contributed by atoms with E-state index in [0.717, 1.165) is 16.7 Å². The van der Waals surface area contributed by atoms with Crippen molar-refractivity contribution in [3.8, 4) is 0 Å². The fourth-order valence-electron chi connectivity index (χ4n) is 1.79. The molecule has 18 heavy (non-hydrogen) atoms. The van der Waals surface area contributed by atoms with Gasteiger partial charge in [0.15, 0.2) is 0 Å². The minimum Gasteiger partial charge on any atom is -0.381 e. The maximum atomic E-state index is 4.33. The van der Waals surface area contributed by atoms with Crippen LogP contribution in [0.1, 0.15) is 31.0 Å². The van der Waals surface area contributed by atoms with Gasteiger partial charge in [0.05, 0.1) is 6.20 Å². The van der Waals surface area contributed by atoms with Gasteiger partial charge in [0.2, 0.25) is 0 Å². The first-order valence-corrected chi connectivity index (χ1v) is 6.88. The first-order valence-electron chi connectivity index (χ1n) is 6.08. The van der Waals surface area contributed by atoms with Crippen molar-refractivity contribution in [2.75, 3.05) is 5.32 Å². The third-order valence-electron chi connectivity index (χ3n) is 2.72. The predicted octanol–water partition coefficient (Wildman–Crippen LogP) is 4.15. The highest BCUT2D eigenvalue weighted by Gasteiger charge is 2.02. The number of benzene rings is 1. The molecule has 96 valence electrons. The number of aryl methyl sites for hydroxylation is 1. The lowest BCUT2D eigenvalue weighted by Gasteiger charge is -2.07. The fourth-order valence-corrected chi connectivity index (χ4v) is 2.40. The molecular formula is C14H18BrN3. The van der Waals surface area contributed by atoms with Crippen LogP contribution in [0.15, 0.2) is 35.1 Å². The van der Waals surface area contributed by atoms with Crippen LogP contribution in [0.2, 0.25) is 0 Å². The van der Waals surface area contributed by atoms with E-state index in [0.29, 0.717) is 6.04 Å². The van der Waals surface area contributed by atoms with Gasteiger partial charge in [0.1, 0.15) is 0 Å². The summed E-state index contributed by atoms with van der Waals surface area (Å²) in [7, 11) is 0. The molecule has 0 unspecified atom stereocenters. The quantitative estimate of drug-likeness (QED) is 0.919. The normalized spacial score (nSPS) is 10.9. The van der Waals surface area contributed by atoms with Gasteiger partial charge in [-0.25, -0.2) is 0 Å². The second-order valence-corrected chi connectivity index (χ2v) is 5.71. The molecule has 0 saturated carbocycles. The second-order valence-electron chi connectivity index (χ2n) is 4.79. The summed E-state index contributed by atoms with van der Waals surface area (Å²) in [6.45, 7) is 7.14. The maximum absolute atomic E-state index is 4.33. The first-order chi connectivity index (χ1) is 8.54. The van der Waals surface area contributed by atoms with Gasteiger partial charge in [-0.15, -0.1) is 0 Å². The summed E-state index contributed by atoms with van der Waals surface area (Å²) in [5.74, 6) is 0. The van der Waals surface area contributed by atoms with Gasteiger partial charge in [-0.3, -0.25) is 4.68 Å². The van der Waals surface area contributed by atoms with E-state index in [2.05, 4.69) is 71.5 Å². The van der Waals surface area contributed by atoms with E-state index in [4.69, 9.17) is 0 Å². The Hall–Kier alpha value is -1.29. The minimum atomic E-state index is 0.409. The average molecular weight is 308 g/mol. The van der Waals surface area contributed by atoms with E-state index in [1.807, 2.05) is 10.9 Å². The Morgan fingerprint density at radius 1 is 1.33 bits per heavy atom. The molecule has 0 aliphatic carbocycles. The van der Waals surface area contributed by atoms with Crippen LogP contribution in [0, 0.1) is 6.92 Å². The highest BCUT2D eigenvalue weighted by Crippen LogP contribution is 2.19. The number of hydrogen-bond donors (Lipinski definition) is 1. The van der Waals surface area contributed by atoms with Crippen molar-refractivity contribution in [2.24, 2.45) is 0 Å². The van der Waals surface area contributed by atoms with Crippen LogP contribution < -0.4 is 5.32 Å². The number of nitrogens with one attached hydrogen (secondary N) is 1. The van der Waals surface area contributed by atoms with E-state index >= 15 is 0 Å². The average Bonchev–Trinajstić information content (AvgIpc) is 2.73. The van der Waals surface area contributed by atoms with Crippen molar-refractivity contribution in [3.05, 3.63) is 46.2 Å². The largest absolute Gasteiger partial charge is 0.381 e. The Morgan fingerprint density at radius 3 is 2.72 bits per heavy atom. The van der Waals surface area contributed by atoms with Crippen molar-refractivity contribution in [2.45, 2.75) is 33.4 Å². The molecule has 2 rings (SSSR count).